The van der Waals surface area contributed by atoms with Gasteiger partial charge in [-0.3, -0.25) is 4.79 Å². The zero-order valence-corrected chi connectivity index (χ0v) is 39.7. The summed E-state index contributed by atoms with van der Waals surface area (Å²) in [5.74, 6) is -1.91. The van der Waals surface area contributed by atoms with E-state index in [1.807, 2.05) is 0 Å². The van der Waals surface area contributed by atoms with Crippen LogP contribution < -0.4 is 0 Å². The van der Waals surface area contributed by atoms with E-state index in [0.29, 0.717) is 25.7 Å². The topological polar surface area (TPSA) is 312 Å². The fraction of sp³-hybridized carbons (Fsp3) is 0.917. The van der Waals surface area contributed by atoms with Crippen molar-refractivity contribution in [3.8, 4) is 0 Å². The molecule has 3 heterocycles. The number of aliphatic hydroxyl groups is 10. The summed E-state index contributed by atoms with van der Waals surface area (Å²) in [7, 11) is 0. The molecule has 19 heteroatoms. The minimum absolute atomic E-state index is 0.0786. The molecule has 11 N–H and O–H groups in total. The second-order valence-electron chi connectivity index (χ2n) is 23.5. The first-order valence-corrected chi connectivity index (χ1v) is 24.3. The van der Waals surface area contributed by atoms with Gasteiger partial charge in [0.1, 0.15) is 67.1 Å². The molecule has 3 aliphatic heterocycles. The number of aliphatic carboxylic acids is 1. The van der Waals surface area contributed by atoms with Gasteiger partial charge < -0.3 is 84.6 Å². The van der Waals surface area contributed by atoms with Crippen molar-refractivity contribution in [1.29, 1.82) is 0 Å². The lowest BCUT2D eigenvalue weighted by atomic mass is 9.33. The smallest absolute Gasteiger partial charge is 0.335 e. The summed E-state index contributed by atoms with van der Waals surface area (Å²) >= 11 is 0. The van der Waals surface area contributed by atoms with Crippen LogP contribution >= 0.6 is 0 Å². The molecule has 0 aromatic rings. The van der Waals surface area contributed by atoms with Gasteiger partial charge in [-0.05, 0) is 109 Å². The van der Waals surface area contributed by atoms with E-state index in [4.69, 9.17) is 28.4 Å². The molecule has 0 amide bonds. The molecular formula is C48H76O19. The SMILES string of the molecule is CC1(C)CC[C@]2(C(=O)O[C@H]3O[C@@H](CO)[C@H](O)[C@@H](O)[C@@H]3O)CC[C@]3(C)C(=CC[C@@H]4[C@@]5(C)CC[C@H](O[C@@H]6O[C@H](C(=O)O)[C@@H](O)[C@H](O[C@@H]7O[C@H](CO)[C@H](O)[C@H](O)[C@@H]7O)[C@@H]6O)C(C)(C)[C@@H]5CC[C@]43C)[C@@H]2C1. The van der Waals surface area contributed by atoms with Crippen LogP contribution in [0.1, 0.15) is 113 Å². The van der Waals surface area contributed by atoms with Crippen molar-refractivity contribution < 1.29 is 94.2 Å². The number of ether oxygens (including phenoxy) is 6. The number of carbonyl (C=O) groups excluding carboxylic acids is 1. The highest BCUT2D eigenvalue weighted by Gasteiger charge is 2.70. The molecule has 0 radical (unpaired) electrons. The first-order chi connectivity index (χ1) is 31.2. The molecule has 8 aliphatic rings. The van der Waals surface area contributed by atoms with Gasteiger partial charge in [-0.15, -0.1) is 0 Å². The maximum atomic E-state index is 14.7. The van der Waals surface area contributed by atoms with Crippen LogP contribution in [-0.4, -0.2) is 180 Å². The monoisotopic (exact) mass is 956 g/mol. The standard InChI is InChI=1S/C48H76O19/c1-43(2)14-16-48(42(61)67-40-33(56)31(54)29(52)24(20-50)63-40)17-15-46(6)21(22(48)18-43)8-9-26-45(5)12-11-27(44(3,4)25(45)10-13-47(26,46)7)64-41-35(58)36(34(57)37(66-41)38(59)60)65-39-32(55)30(53)28(51)23(19-49)62-39/h8,22-37,39-41,49-58H,9-20H2,1-7H3,(H,59,60)/t22-,23+,24-,25-,26+,27-,28-,29-,30-,31+,32-,33-,34-,35-,36-,37-,39-,40+,41+,45-,46+,47+,48-/m0/s1. The Balaban J connectivity index is 1.03. The largest absolute Gasteiger partial charge is 0.479 e. The molecule has 7 fully saturated rings. The third-order valence-corrected chi connectivity index (χ3v) is 19.3. The molecule has 23 atom stereocenters. The second kappa shape index (κ2) is 18.0. The Bertz CT molecular complexity index is 1870. The van der Waals surface area contributed by atoms with E-state index < -0.39 is 134 Å². The van der Waals surface area contributed by atoms with Crippen molar-refractivity contribution in [2.45, 2.75) is 211 Å². The third kappa shape index (κ3) is 8.06. The van der Waals surface area contributed by atoms with E-state index in [0.717, 1.165) is 38.5 Å². The van der Waals surface area contributed by atoms with Gasteiger partial charge in [0, 0.05) is 0 Å². The van der Waals surface area contributed by atoms with Crippen LogP contribution in [0.4, 0.5) is 0 Å². The predicted molar refractivity (Wildman–Crippen MR) is 231 cm³/mol. The minimum Gasteiger partial charge on any atom is -0.479 e. The molecule has 3 saturated heterocycles. The molecule has 0 aromatic carbocycles. The lowest BCUT2D eigenvalue weighted by Gasteiger charge is -2.71. The second-order valence-corrected chi connectivity index (χ2v) is 23.5. The van der Waals surface area contributed by atoms with Gasteiger partial charge in [-0.25, -0.2) is 4.79 Å². The summed E-state index contributed by atoms with van der Waals surface area (Å²) in [5, 5.41) is 115. The van der Waals surface area contributed by atoms with E-state index in [1.54, 1.807) is 0 Å². The average Bonchev–Trinajstić information content (AvgIpc) is 3.26. The minimum atomic E-state index is -1.97. The molecule has 8 rings (SSSR count). The normalized spacial score (nSPS) is 52.6. The van der Waals surface area contributed by atoms with Crippen molar-refractivity contribution in [3.63, 3.8) is 0 Å². The highest BCUT2D eigenvalue weighted by atomic mass is 16.7. The molecule has 0 unspecified atom stereocenters. The number of rotatable bonds is 9. The van der Waals surface area contributed by atoms with Crippen LogP contribution in [0.15, 0.2) is 11.6 Å². The molecule has 67 heavy (non-hydrogen) atoms. The number of carboxylic acids is 1. The number of allylic oxidation sites excluding steroid dienone is 2. The van der Waals surface area contributed by atoms with E-state index in [2.05, 4.69) is 54.5 Å². The third-order valence-electron chi connectivity index (χ3n) is 19.3. The van der Waals surface area contributed by atoms with Crippen LogP contribution in [0.3, 0.4) is 0 Å². The molecule has 0 aromatic heterocycles. The highest BCUT2D eigenvalue weighted by molar-refractivity contribution is 5.79. The predicted octanol–water partition coefficient (Wildman–Crippen LogP) is 0.233. The van der Waals surface area contributed by atoms with Crippen molar-refractivity contribution in [3.05, 3.63) is 11.6 Å². The molecule has 4 saturated carbocycles. The van der Waals surface area contributed by atoms with Gasteiger partial charge in [0.15, 0.2) is 18.7 Å². The Morgan fingerprint density at radius 2 is 1.22 bits per heavy atom. The van der Waals surface area contributed by atoms with Crippen LogP contribution in [-0.2, 0) is 38.0 Å². The number of carboxylic acid groups (broad SMARTS) is 1. The van der Waals surface area contributed by atoms with E-state index in [1.165, 1.54) is 5.57 Å². The first kappa shape index (κ1) is 51.4. The van der Waals surface area contributed by atoms with E-state index in [-0.39, 0.29) is 39.4 Å². The molecular weight excluding hydrogens is 881 g/mol. The van der Waals surface area contributed by atoms with Crippen molar-refractivity contribution in [2.24, 2.45) is 50.2 Å². The molecule has 5 aliphatic carbocycles. The lowest BCUT2D eigenvalue weighted by Crippen LogP contribution is -2.67. The van der Waals surface area contributed by atoms with Crippen molar-refractivity contribution >= 4 is 11.9 Å². The number of carbonyl (C=O) groups is 2. The first-order valence-electron chi connectivity index (χ1n) is 24.3. The highest BCUT2D eigenvalue weighted by Crippen LogP contribution is 2.76. The van der Waals surface area contributed by atoms with E-state index in [9.17, 15) is 65.8 Å². The summed E-state index contributed by atoms with van der Waals surface area (Å²) < 4.78 is 35.2. The Hall–Kier alpha value is -1.92. The maximum absolute atomic E-state index is 14.7. The summed E-state index contributed by atoms with van der Waals surface area (Å²) in [6.07, 6.45) is -16.4. The van der Waals surface area contributed by atoms with Crippen molar-refractivity contribution in [1.82, 2.24) is 0 Å². The molecule has 382 valence electrons. The summed E-state index contributed by atoms with van der Waals surface area (Å²) in [5.41, 5.74) is -0.975. The Labute approximate surface area is 391 Å². The van der Waals surface area contributed by atoms with Crippen LogP contribution in [0.2, 0.25) is 0 Å². The number of fused-ring (bicyclic) bond motifs is 7. The fourth-order valence-corrected chi connectivity index (χ4v) is 15.0. The maximum Gasteiger partial charge on any atom is 0.335 e. The number of hydrogen-bond acceptors (Lipinski definition) is 18. The quantitative estimate of drug-likeness (QED) is 0.0838. The number of aliphatic hydroxyl groups excluding tert-OH is 10. The Morgan fingerprint density at radius 3 is 1.84 bits per heavy atom. The molecule has 0 bridgehead atoms. The average molecular weight is 957 g/mol. The van der Waals surface area contributed by atoms with Crippen LogP contribution in [0.5, 0.6) is 0 Å². The number of hydrogen-bond donors (Lipinski definition) is 11. The van der Waals surface area contributed by atoms with Gasteiger partial charge in [-0.2, -0.15) is 0 Å². The van der Waals surface area contributed by atoms with Gasteiger partial charge in [0.05, 0.1) is 24.7 Å². The Morgan fingerprint density at radius 1 is 0.642 bits per heavy atom. The fourth-order valence-electron chi connectivity index (χ4n) is 15.0. The number of esters is 1. The lowest BCUT2D eigenvalue weighted by molar-refractivity contribution is -0.365. The summed E-state index contributed by atoms with van der Waals surface area (Å²) in [6, 6.07) is 0. The zero-order valence-electron chi connectivity index (χ0n) is 39.7. The van der Waals surface area contributed by atoms with Crippen molar-refractivity contribution in [2.75, 3.05) is 13.2 Å². The van der Waals surface area contributed by atoms with Gasteiger partial charge in [-0.1, -0.05) is 60.1 Å². The summed E-state index contributed by atoms with van der Waals surface area (Å²) in [4.78, 5) is 27.1. The summed E-state index contributed by atoms with van der Waals surface area (Å²) in [6.45, 7) is 14.4. The molecule has 0 spiro atoms. The van der Waals surface area contributed by atoms with Crippen LogP contribution in [0.25, 0.3) is 0 Å². The van der Waals surface area contributed by atoms with E-state index >= 15 is 0 Å². The molecule has 19 nitrogen and oxygen atoms in total. The van der Waals surface area contributed by atoms with Gasteiger partial charge >= 0.3 is 11.9 Å². The van der Waals surface area contributed by atoms with Crippen LogP contribution in [0, 0.1) is 50.2 Å². The van der Waals surface area contributed by atoms with Gasteiger partial charge in [0.2, 0.25) is 6.29 Å². The Kier molecular flexibility index (Phi) is 13.8. The zero-order chi connectivity index (χ0) is 49.1. The van der Waals surface area contributed by atoms with Gasteiger partial charge in [0.25, 0.3) is 0 Å².